The smallest absolute Gasteiger partial charge is 0.311 e. The Labute approximate surface area is 91.1 Å². The molecule has 0 amide bonds. The monoisotopic (exact) mass is 228 g/mol. The molecule has 0 aliphatic carbocycles. The van der Waals surface area contributed by atoms with Gasteiger partial charge >= 0.3 is 11.9 Å². The Bertz CT molecular complexity index is 389. The summed E-state index contributed by atoms with van der Waals surface area (Å²) < 4.78 is 0. The summed E-state index contributed by atoms with van der Waals surface area (Å²) in [5.41, 5.74) is 0.328. The van der Waals surface area contributed by atoms with E-state index in [1.165, 1.54) is 12.1 Å². The third-order valence-corrected chi connectivity index (χ3v) is 2.30. The van der Waals surface area contributed by atoms with Crippen molar-refractivity contribution in [3.05, 3.63) is 34.9 Å². The van der Waals surface area contributed by atoms with Crippen LogP contribution in [0.3, 0.4) is 0 Å². The minimum absolute atomic E-state index is 0.270. The summed E-state index contributed by atoms with van der Waals surface area (Å²) >= 11 is 5.79. The summed E-state index contributed by atoms with van der Waals surface area (Å²) in [6.45, 7) is 0. The molecule has 4 nitrogen and oxygen atoms in total. The van der Waals surface area contributed by atoms with Crippen molar-refractivity contribution in [2.24, 2.45) is 0 Å². The van der Waals surface area contributed by atoms with Crippen LogP contribution in [0.4, 0.5) is 0 Å². The van der Waals surface area contributed by atoms with E-state index in [1.807, 2.05) is 0 Å². The standard InChI is InChI=1S/C10H9ClO4/c11-8-4-2-1-3-6(8)7(10(14)15)5-9(12)13/h1-4,7H,5H2,(H,12,13)(H,14,15)/t7-/m0/s1. The van der Waals surface area contributed by atoms with E-state index in [1.54, 1.807) is 12.1 Å². The van der Waals surface area contributed by atoms with E-state index in [9.17, 15) is 9.59 Å². The topological polar surface area (TPSA) is 74.6 Å². The van der Waals surface area contributed by atoms with Gasteiger partial charge in [-0.3, -0.25) is 9.59 Å². The second-order valence-corrected chi connectivity index (χ2v) is 3.42. The van der Waals surface area contributed by atoms with Crippen LogP contribution in [0.15, 0.2) is 24.3 Å². The number of benzene rings is 1. The van der Waals surface area contributed by atoms with Crippen LogP contribution < -0.4 is 0 Å². The first-order valence-corrected chi connectivity index (χ1v) is 4.59. The van der Waals surface area contributed by atoms with Gasteiger partial charge in [0.25, 0.3) is 0 Å². The zero-order valence-electron chi connectivity index (χ0n) is 7.68. The van der Waals surface area contributed by atoms with E-state index in [4.69, 9.17) is 21.8 Å². The molecule has 1 aromatic rings. The van der Waals surface area contributed by atoms with Crippen molar-refractivity contribution in [2.45, 2.75) is 12.3 Å². The summed E-state index contributed by atoms with van der Waals surface area (Å²) in [4.78, 5) is 21.4. The van der Waals surface area contributed by atoms with Gasteiger partial charge in [-0.05, 0) is 11.6 Å². The largest absolute Gasteiger partial charge is 0.481 e. The number of carboxylic acid groups (broad SMARTS) is 2. The van der Waals surface area contributed by atoms with E-state index in [2.05, 4.69) is 0 Å². The van der Waals surface area contributed by atoms with Crippen LogP contribution in [0.25, 0.3) is 0 Å². The Morgan fingerprint density at radius 2 is 1.87 bits per heavy atom. The Morgan fingerprint density at radius 1 is 1.27 bits per heavy atom. The highest BCUT2D eigenvalue weighted by Crippen LogP contribution is 2.27. The summed E-state index contributed by atoms with van der Waals surface area (Å²) in [5.74, 6) is -3.45. The SMILES string of the molecule is O=C(O)C[C@H](C(=O)O)c1ccccc1Cl. The minimum atomic E-state index is -1.19. The highest BCUT2D eigenvalue weighted by molar-refractivity contribution is 6.31. The van der Waals surface area contributed by atoms with E-state index >= 15 is 0 Å². The van der Waals surface area contributed by atoms with Gasteiger partial charge in [0.2, 0.25) is 0 Å². The quantitative estimate of drug-likeness (QED) is 0.826. The third kappa shape index (κ3) is 2.95. The van der Waals surface area contributed by atoms with E-state index in [0.717, 1.165) is 0 Å². The van der Waals surface area contributed by atoms with Crippen molar-refractivity contribution in [3.63, 3.8) is 0 Å². The lowest BCUT2D eigenvalue weighted by molar-refractivity contribution is -0.145. The van der Waals surface area contributed by atoms with Crippen molar-refractivity contribution in [1.82, 2.24) is 0 Å². The molecule has 0 aliphatic heterocycles. The summed E-state index contributed by atoms with van der Waals surface area (Å²) in [5, 5.41) is 17.7. The average Bonchev–Trinajstić information content (AvgIpc) is 2.15. The summed E-state index contributed by atoms with van der Waals surface area (Å²) in [7, 11) is 0. The van der Waals surface area contributed by atoms with Gasteiger partial charge in [0.1, 0.15) is 0 Å². The fourth-order valence-corrected chi connectivity index (χ4v) is 1.53. The predicted octanol–water partition coefficient (Wildman–Crippen LogP) is 1.98. The van der Waals surface area contributed by atoms with Crippen LogP contribution in [0.1, 0.15) is 17.9 Å². The molecule has 0 heterocycles. The summed E-state index contributed by atoms with van der Waals surface area (Å²) in [6.07, 6.45) is -0.473. The molecule has 0 radical (unpaired) electrons. The van der Waals surface area contributed by atoms with Crippen molar-refractivity contribution >= 4 is 23.5 Å². The Kier molecular flexibility index (Phi) is 3.68. The van der Waals surface area contributed by atoms with Gasteiger partial charge in [-0.15, -0.1) is 0 Å². The molecule has 0 saturated heterocycles. The fourth-order valence-electron chi connectivity index (χ4n) is 1.26. The van der Waals surface area contributed by atoms with Crippen LogP contribution in [0, 0.1) is 0 Å². The molecule has 0 fully saturated rings. The molecule has 1 atom stereocenters. The highest BCUT2D eigenvalue weighted by atomic mass is 35.5. The van der Waals surface area contributed by atoms with Gasteiger partial charge in [-0.2, -0.15) is 0 Å². The molecule has 0 bridgehead atoms. The van der Waals surface area contributed by atoms with E-state index < -0.39 is 24.3 Å². The lowest BCUT2D eigenvalue weighted by atomic mass is 9.96. The average molecular weight is 229 g/mol. The lowest BCUT2D eigenvalue weighted by Crippen LogP contribution is -2.16. The van der Waals surface area contributed by atoms with E-state index in [0.29, 0.717) is 5.56 Å². The maximum Gasteiger partial charge on any atom is 0.311 e. The third-order valence-electron chi connectivity index (χ3n) is 1.96. The molecular weight excluding hydrogens is 220 g/mol. The molecule has 0 saturated carbocycles. The number of halogens is 1. The number of hydrogen-bond donors (Lipinski definition) is 2. The number of rotatable bonds is 4. The van der Waals surface area contributed by atoms with Crippen molar-refractivity contribution in [1.29, 1.82) is 0 Å². The first kappa shape index (κ1) is 11.5. The van der Waals surface area contributed by atoms with Crippen LogP contribution in [0.5, 0.6) is 0 Å². The van der Waals surface area contributed by atoms with Crippen molar-refractivity contribution in [2.75, 3.05) is 0 Å². The van der Waals surface area contributed by atoms with Crippen LogP contribution >= 0.6 is 11.6 Å². The fraction of sp³-hybridized carbons (Fsp3) is 0.200. The number of aliphatic carboxylic acids is 2. The van der Waals surface area contributed by atoms with Gasteiger partial charge in [0, 0.05) is 5.02 Å². The second-order valence-electron chi connectivity index (χ2n) is 3.01. The van der Waals surface area contributed by atoms with Gasteiger partial charge in [-0.1, -0.05) is 29.8 Å². The molecular formula is C10H9ClO4. The second kappa shape index (κ2) is 4.79. The molecule has 80 valence electrons. The van der Waals surface area contributed by atoms with Crippen LogP contribution in [0.2, 0.25) is 5.02 Å². The van der Waals surface area contributed by atoms with Gasteiger partial charge < -0.3 is 10.2 Å². The van der Waals surface area contributed by atoms with Crippen molar-refractivity contribution < 1.29 is 19.8 Å². The molecule has 5 heteroatoms. The minimum Gasteiger partial charge on any atom is -0.481 e. The lowest BCUT2D eigenvalue weighted by Gasteiger charge is -2.11. The number of carbonyl (C=O) groups is 2. The first-order valence-electron chi connectivity index (χ1n) is 4.21. The highest BCUT2D eigenvalue weighted by Gasteiger charge is 2.24. The zero-order chi connectivity index (χ0) is 11.4. The Balaban J connectivity index is 3.04. The Morgan fingerprint density at radius 3 is 2.33 bits per heavy atom. The molecule has 0 aromatic heterocycles. The molecule has 1 aromatic carbocycles. The predicted molar refractivity (Wildman–Crippen MR) is 54.1 cm³/mol. The summed E-state index contributed by atoms with van der Waals surface area (Å²) in [6, 6.07) is 6.34. The molecule has 15 heavy (non-hydrogen) atoms. The maximum atomic E-state index is 10.9. The molecule has 0 aliphatic rings. The van der Waals surface area contributed by atoms with Crippen LogP contribution in [-0.2, 0) is 9.59 Å². The maximum absolute atomic E-state index is 10.9. The zero-order valence-corrected chi connectivity index (χ0v) is 8.44. The molecule has 2 N–H and O–H groups in total. The first-order chi connectivity index (χ1) is 7.02. The number of carboxylic acids is 2. The van der Waals surface area contributed by atoms with Crippen molar-refractivity contribution in [3.8, 4) is 0 Å². The molecule has 1 rings (SSSR count). The molecule has 0 unspecified atom stereocenters. The Hall–Kier alpha value is -1.55. The molecule has 0 spiro atoms. The van der Waals surface area contributed by atoms with Crippen LogP contribution in [-0.4, -0.2) is 22.2 Å². The normalized spacial score (nSPS) is 12.1. The van der Waals surface area contributed by atoms with E-state index in [-0.39, 0.29) is 5.02 Å². The van der Waals surface area contributed by atoms with Gasteiger partial charge in [-0.25, -0.2) is 0 Å². The van der Waals surface area contributed by atoms with Gasteiger partial charge in [0.05, 0.1) is 12.3 Å². The number of hydrogen-bond acceptors (Lipinski definition) is 2. The van der Waals surface area contributed by atoms with Gasteiger partial charge in [0.15, 0.2) is 0 Å².